The van der Waals surface area contributed by atoms with Crippen molar-refractivity contribution in [1.29, 1.82) is 0 Å². The quantitative estimate of drug-likeness (QED) is 0.681. The molecule has 0 radical (unpaired) electrons. The number of nitrogens with one attached hydrogen (secondary N) is 1. The summed E-state index contributed by atoms with van der Waals surface area (Å²) >= 11 is 0. The average Bonchev–Trinajstić information content (AvgIpc) is 2.95. The van der Waals surface area contributed by atoms with Crippen LogP contribution in [0.3, 0.4) is 0 Å². The Labute approximate surface area is 111 Å². The average molecular weight is 276 g/mol. The Morgan fingerprint density at radius 3 is 3.05 bits per heavy atom. The Morgan fingerprint density at radius 1 is 1.47 bits per heavy atom. The van der Waals surface area contributed by atoms with Crippen LogP contribution in [-0.4, -0.2) is 29.2 Å². The standard InChI is InChI=1S/C11H12N6OS/c1-17-5-8(15-16-17)6-19(18)11-13-9-3-2-7(12)4-10(9)14-11/h2-5H,6,12H2,1H3,(H,13,14). The van der Waals surface area contributed by atoms with Gasteiger partial charge in [-0.2, -0.15) is 0 Å². The highest BCUT2D eigenvalue weighted by molar-refractivity contribution is 7.84. The first kappa shape index (κ1) is 11.8. The molecule has 7 nitrogen and oxygen atoms in total. The number of nitrogen functional groups attached to an aromatic ring is 1. The zero-order valence-corrected chi connectivity index (χ0v) is 11.0. The molecule has 0 bridgehead atoms. The van der Waals surface area contributed by atoms with Gasteiger partial charge in [-0.25, -0.2) is 4.98 Å². The Hall–Kier alpha value is -2.22. The summed E-state index contributed by atoms with van der Waals surface area (Å²) in [7, 11) is 0.484. The monoisotopic (exact) mass is 276 g/mol. The third-order valence-corrected chi connectivity index (χ3v) is 3.81. The summed E-state index contributed by atoms with van der Waals surface area (Å²) in [6.45, 7) is 0. The van der Waals surface area contributed by atoms with Crippen molar-refractivity contribution in [3.05, 3.63) is 30.1 Å². The molecule has 3 N–H and O–H groups in total. The van der Waals surface area contributed by atoms with E-state index < -0.39 is 10.8 Å². The molecule has 1 unspecified atom stereocenters. The molecule has 0 saturated heterocycles. The predicted molar refractivity (Wildman–Crippen MR) is 71.6 cm³/mol. The van der Waals surface area contributed by atoms with Gasteiger partial charge in [-0.1, -0.05) is 5.21 Å². The Kier molecular flexibility index (Phi) is 2.79. The number of benzene rings is 1. The van der Waals surface area contributed by atoms with E-state index in [1.165, 1.54) is 0 Å². The summed E-state index contributed by atoms with van der Waals surface area (Å²) in [6.07, 6.45) is 1.73. The van der Waals surface area contributed by atoms with Crippen molar-refractivity contribution >= 4 is 27.5 Å². The summed E-state index contributed by atoms with van der Waals surface area (Å²) in [5, 5.41) is 8.13. The lowest BCUT2D eigenvalue weighted by Gasteiger charge is -1.93. The second kappa shape index (κ2) is 4.47. The lowest BCUT2D eigenvalue weighted by atomic mass is 10.3. The molecule has 19 heavy (non-hydrogen) atoms. The number of nitrogens with two attached hydrogens (primary N) is 1. The fraction of sp³-hybridized carbons (Fsp3) is 0.182. The lowest BCUT2D eigenvalue weighted by molar-refractivity contribution is 0.676. The van der Waals surface area contributed by atoms with Crippen LogP contribution in [0.1, 0.15) is 5.69 Å². The molecule has 0 aliphatic heterocycles. The van der Waals surface area contributed by atoms with Crippen LogP contribution in [0.4, 0.5) is 5.69 Å². The van der Waals surface area contributed by atoms with Gasteiger partial charge in [0.05, 0.1) is 33.3 Å². The van der Waals surface area contributed by atoms with Crippen LogP contribution in [0.5, 0.6) is 0 Å². The van der Waals surface area contributed by atoms with Gasteiger partial charge in [0.15, 0.2) is 5.16 Å². The Bertz CT molecular complexity index is 761. The van der Waals surface area contributed by atoms with E-state index in [0.717, 1.165) is 11.0 Å². The molecule has 0 saturated carbocycles. The van der Waals surface area contributed by atoms with E-state index >= 15 is 0 Å². The molecule has 2 heterocycles. The molecule has 8 heteroatoms. The Balaban J connectivity index is 1.89. The number of aromatic amines is 1. The number of anilines is 1. The van der Waals surface area contributed by atoms with Crippen LogP contribution in [0.15, 0.2) is 29.6 Å². The van der Waals surface area contributed by atoms with Crippen LogP contribution >= 0.6 is 0 Å². The highest BCUT2D eigenvalue weighted by Gasteiger charge is 2.12. The maximum atomic E-state index is 12.2. The second-order valence-corrected chi connectivity index (χ2v) is 5.56. The van der Waals surface area contributed by atoms with Crippen LogP contribution in [-0.2, 0) is 23.6 Å². The first-order chi connectivity index (χ1) is 9.11. The number of aryl methyl sites for hydroxylation is 1. The molecular weight excluding hydrogens is 264 g/mol. The van der Waals surface area contributed by atoms with Gasteiger partial charge in [-0.3, -0.25) is 8.89 Å². The largest absolute Gasteiger partial charge is 0.399 e. The summed E-state index contributed by atoms with van der Waals surface area (Å²) in [5.74, 6) is 0.281. The van der Waals surface area contributed by atoms with Gasteiger partial charge >= 0.3 is 0 Å². The second-order valence-electron chi connectivity index (χ2n) is 4.19. The zero-order chi connectivity index (χ0) is 13.4. The maximum Gasteiger partial charge on any atom is 0.197 e. The molecule has 0 aliphatic carbocycles. The lowest BCUT2D eigenvalue weighted by Crippen LogP contribution is -1.98. The van der Waals surface area contributed by atoms with E-state index in [0.29, 0.717) is 16.5 Å². The molecule has 3 aromatic rings. The first-order valence-electron chi connectivity index (χ1n) is 5.60. The molecule has 0 fully saturated rings. The topological polar surface area (TPSA) is 102 Å². The van der Waals surface area contributed by atoms with Crippen molar-refractivity contribution in [3.8, 4) is 0 Å². The third-order valence-electron chi connectivity index (χ3n) is 2.63. The summed E-state index contributed by atoms with van der Waals surface area (Å²) < 4.78 is 13.8. The van der Waals surface area contributed by atoms with E-state index in [4.69, 9.17) is 5.73 Å². The SMILES string of the molecule is Cn1cc(CS(=O)c2nc3ccc(N)cc3[nH]2)nn1. The zero-order valence-electron chi connectivity index (χ0n) is 10.2. The number of nitrogens with zero attached hydrogens (tertiary/aromatic N) is 4. The molecule has 1 atom stereocenters. The number of aromatic nitrogens is 5. The Morgan fingerprint density at radius 2 is 2.32 bits per heavy atom. The van der Waals surface area contributed by atoms with Crippen LogP contribution < -0.4 is 5.73 Å². The molecule has 2 aromatic heterocycles. The highest BCUT2D eigenvalue weighted by Crippen LogP contribution is 2.17. The predicted octanol–water partition coefficient (Wildman–Crippen LogP) is 0.581. The van der Waals surface area contributed by atoms with Crippen molar-refractivity contribution < 1.29 is 4.21 Å². The van der Waals surface area contributed by atoms with E-state index in [-0.39, 0.29) is 5.75 Å². The molecule has 0 spiro atoms. The van der Waals surface area contributed by atoms with E-state index in [9.17, 15) is 4.21 Å². The van der Waals surface area contributed by atoms with Gasteiger partial charge in [0.1, 0.15) is 0 Å². The summed E-state index contributed by atoms with van der Waals surface area (Å²) in [4.78, 5) is 7.31. The summed E-state index contributed by atoms with van der Waals surface area (Å²) in [6, 6.07) is 5.33. The number of fused-ring (bicyclic) bond motifs is 1. The molecule has 98 valence electrons. The molecule has 1 aromatic carbocycles. The molecule has 3 rings (SSSR count). The van der Waals surface area contributed by atoms with Crippen molar-refractivity contribution in [1.82, 2.24) is 25.0 Å². The van der Waals surface area contributed by atoms with Gasteiger partial charge in [-0.05, 0) is 18.2 Å². The third kappa shape index (κ3) is 2.34. The maximum absolute atomic E-state index is 12.2. The molecular formula is C11H12N6OS. The fourth-order valence-corrected chi connectivity index (χ4v) is 2.74. The first-order valence-corrected chi connectivity index (χ1v) is 6.92. The number of hydrogen-bond donors (Lipinski definition) is 2. The van der Waals surface area contributed by atoms with Crippen molar-refractivity contribution in [2.75, 3.05) is 5.73 Å². The minimum Gasteiger partial charge on any atom is -0.399 e. The fourth-order valence-electron chi connectivity index (χ4n) is 1.78. The van der Waals surface area contributed by atoms with Gasteiger partial charge in [0, 0.05) is 18.9 Å². The van der Waals surface area contributed by atoms with Gasteiger partial charge in [-0.15, -0.1) is 5.10 Å². The van der Waals surface area contributed by atoms with Gasteiger partial charge in [0.2, 0.25) is 0 Å². The summed E-state index contributed by atoms with van der Waals surface area (Å²) in [5.41, 5.74) is 8.53. The van der Waals surface area contributed by atoms with Crippen LogP contribution in [0.2, 0.25) is 0 Å². The van der Waals surface area contributed by atoms with Crippen molar-refractivity contribution in [2.24, 2.45) is 7.05 Å². The minimum atomic E-state index is -1.28. The smallest absolute Gasteiger partial charge is 0.197 e. The molecule has 0 aliphatic rings. The van der Waals surface area contributed by atoms with E-state index in [1.54, 1.807) is 36.1 Å². The van der Waals surface area contributed by atoms with Crippen molar-refractivity contribution in [2.45, 2.75) is 10.9 Å². The van der Waals surface area contributed by atoms with Gasteiger partial charge in [0.25, 0.3) is 0 Å². The number of rotatable bonds is 3. The number of hydrogen-bond acceptors (Lipinski definition) is 5. The highest BCUT2D eigenvalue weighted by atomic mass is 32.2. The van der Waals surface area contributed by atoms with Crippen LogP contribution in [0, 0.1) is 0 Å². The van der Waals surface area contributed by atoms with E-state index in [2.05, 4.69) is 20.3 Å². The van der Waals surface area contributed by atoms with E-state index in [1.807, 2.05) is 0 Å². The number of imidazole rings is 1. The molecule has 0 amide bonds. The normalized spacial score (nSPS) is 12.9. The van der Waals surface area contributed by atoms with Gasteiger partial charge < -0.3 is 10.7 Å². The van der Waals surface area contributed by atoms with Crippen molar-refractivity contribution in [3.63, 3.8) is 0 Å². The minimum absolute atomic E-state index is 0.281. The number of H-pyrrole nitrogens is 1. The van der Waals surface area contributed by atoms with Crippen LogP contribution in [0.25, 0.3) is 11.0 Å².